The van der Waals surface area contributed by atoms with Gasteiger partial charge in [-0.3, -0.25) is 4.79 Å². The van der Waals surface area contributed by atoms with Crippen LogP contribution < -0.4 is 9.64 Å². The Kier molecular flexibility index (Phi) is 5.48. The lowest BCUT2D eigenvalue weighted by Gasteiger charge is -2.34. The van der Waals surface area contributed by atoms with Gasteiger partial charge in [0.15, 0.2) is 0 Å². The zero-order valence-electron chi connectivity index (χ0n) is 14.8. The fourth-order valence-corrected chi connectivity index (χ4v) is 2.85. The maximum atomic E-state index is 12.5. The van der Waals surface area contributed by atoms with Crippen molar-refractivity contribution in [1.82, 2.24) is 14.9 Å². The normalized spacial score (nSPS) is 14.7. The van der Waals surface area contributed by atoms with Crippen LogP contribution >= 0.6 is 0 Å². The Morgan fingerprint density at radius 2 is 1.72 bits per heavy atom. The van der Waals surface area contributed by atoms with Crippen LogP contribution in [0.2, 0.25) is 0 Å². The molecule has 0 aliphatic carbocycles. The number of carbonyl (C=O) groups is 1. The molecule has 132 valence electrons. The highest BCUT2D eigenvalue weighted by atomic mass is 16.5. The maximum Gasteiger partial charge on any atom is 0.227 e. The minimum Gasteiger partial charge on any atom is -0.491 e. The molecule has 1 aliphatic heterocycles. The van der Waals surface area contributed by atoms with Crippen LogP contribution in [-0.4, -0.2) is 53.1 Å². The van der Waals surface area contributed by atoms with Crippen LogP contribution in [0.25, 0.3) is 0 Å². The third-order valence-corrected chi connectivity index (χ3v) is 4.12. The number of aromatic nitrogens is 2. The molecule has 0 N–H and O–H groups in total. The molecule has 1 saturated heterocycles. The average molecular weight is 340 g/mol. The van der Waals surface area contributed by atoms with Crippen LogP contribution in [0.5, 0.6) is 5.75 Å². The molecule has 6 nitrogen and oxygen atoms in total. The van der Waals surface area contributed by atoms with Gasteiger partial charge in [-0.1, -0.05) is 12.1 Å². The summed E-state index contributed by atoms with van der Waals surface area (Å²) in [6.07, 6.45) is 4.06. The second kappa shape index (κ2) is 7.96. The summed E-state index contributed by atoms with van der Waals surface area (Å²) in [6.45, 7) is 6.92. The molecule has 25 heavy (non-hydrogen) atoms. The number of rotatable bonds is 5. The summed E-state index contributed by atoms with van der Waals surface area (Å²) >= 11 is 0. The van der Waals surface area contributed by atoms with E-state index in [0.29, 0.717) is 19.5 Å². The second-order valence-electron chi connectivity index (χ2n) is 6.40. The SMILES string of the molecule is CC(C)Oc1ccc(CC(=O)N2CCN(c3ncccn3)CC2)cc1. The molecule has 1 amide bonds. The van der Waals surface area contributed by atoms with Gasteiger partial charge in [0.1, 0.15) is 5.75 Å². The Hall–Kier alpha value is -2.63. The van der Waals surface area contributed by atoms with Crippen molar-refractivity contribution in [2.24, 2.45) is 0 Å². The van der Waals surface area contributed by atoms with Gasteiger partial charge < -0.3 is 14.5 Å². The molecule has 2 aromatic rings. The Bertz CT molecular complexity index is 680. The summed E-state index contributed by atoms with van der Waals surface area (Å²) in [6, 6.07) is 9.58. The largest absolute Gasteiger partial charge is 0.491 e. The molecule has 0 radical (unpaired) electrons. The number of benzene rings is 1. The maximum absolute atomic E-state index is 12.5. The molecule has 0 bridgehead atoms. The van der Waals surface area contributed by atoms with Crippen LogP contribution in [0.4, 0.5) is 5.95 Å². The first-order valence-electron chi connectivity index (χ1n) is 8.67. The Morgan fingerprint density at radius 3 is 2.32 bits per heavy atom. The Morgan fingerprint density at radius 1 is 1.08 bits per heavy atom. The number of hydrogen-bond donors (Lipinski definition) is 0. The summed E-state index contributed by atoms with van der Waals surface area (Å²) in [7, 11) is 0. The highest BCUT2D eigenvalue weighted by molar-refractivity contribution is 5.79. The number of piperazine rings is 1. The van der Waals surface area contributed by atoms with Gasteiger partial charge in [0.25, 0.3) is 0 Å². The van der Waals surface area contributed by atoms with Gasteiger partial charge in [-0.15, -0.1) is 0 Å². The van der Waals surface area contributed by atoms with Gasteiger partial charge >= 0.3 is 0 Å². The van der Waals surface area contributed by atoms with Crippen molar-refractivity contribution < 1.29 is 9.53 Å². The highest BCUT2D eigenvalue weighted by Gasteiger charge is 2.22. The Labute approximate surface area is 148 Å². The van der Waals surface area contributed by atoms with E-state index >= 15 is 0 Å². The number of carbonyl (C=O) groups excluding carboxylic acids is 1. The predicted molar refractivity (Wildman–Crippen MR) is 96.7 cm³/mol. The molecule has 2 heterocycles. The standard InChI is InChI=1S/C19H24N4O2/c1-15(2)25-17-6-4-16(5-7-17)14-18(24)22-10-12-23(13-11-22)19-20-8-3-9-21-19/h3-9,15H,10-14H2,1-2H3. The number of ether oxygens (including phenoxy) is 1. The van der Waals surface area contributed by atoms with Gasteiger partial charge in [0.05, 0.1) is 12.5 Å². The minimum absolute atomic E-state index is 0.150. The summed E-state index contributed by atoms with van der Waals surface area (Å²) in [5.74, 6) is 1.73. The topological polar surface area (TPSA) is 58.6 Å². The van der Waals surface area contributed by atoms with E-state index in [4.69, 9.17) is 4.74 Å². The van der Waals surface area contributed by atoms with E-state index in [1.54, 1.807) is 18.5 Å². The van der Waals surface area contributed by atoms with Gasteiger partial charge in [-0.05, 0) is 37.6 Å². The summed E-state index contributed by atoms with van der Waals surface area (Å²) in [5, 5.41) is 0. The van der Waals surface area contributed by atoms with Crippen molar-refractivity contribution in [1.29, 1.82) is 0 Å². The molecule has 1 aromatic heterocycles. The first kappa shape index (κ1) is 17.2. The zero-order valence-corrected chi connectivity index (χ0v) is 14.8. The van der Waals surface area contributed by atoms with Crippen molar-refractivity contribution in [3.05, 3.63) is 48.3 Å². The van der Waals surface area contributed by atoms with E-state index in [-0.39, 0.29) is 12.0 Å². The first-order valence-corrected chi connectivity index (χ1v) is 8.67. The van der Waals surface area contributed by atoms with E-state index in [2.05, 4.69) is 14.9 Å². The third kappa shape index (κ3) is 4.68. The molecular formula is C19H24N4O2. The molecule has 0 atom stereocenters. The van der Waals surface area contributed by atoms with Gasteiger partial charge in [0, 0.05) is 38.6 Å². The monoisotopic (exact) mass is 340 g/mol. The van der Waals surface area contributed by atoms with E-state index in [0.717, 1.165) is 30.4 Å². The average Bonchev–Trinajstić information content (AvgIpc) is 2.64. The molecule has 0 unspecified atom stereocenters. The van der Waals surface area contributed by atoms with Crippen LogP contribution in [0.3, 0.4) is 0 Å². The first-order chi connectivity index (χ1) is 12.1. The fraction of sp³-hybridized carbons (Fsp3) is 0.421. The van der Waals surface area contributed by atoms with E-state index in [9.17, 15) is 4.79 Å². The lowest BCUT2D eigenvalue weighted by Crippen LogP contribution is -2.49. The highest BCUT2D eigenvalue weighted by Crippen LogP contribution is 2.16. The quantitative estimate of drug-likeness (QED) is 0.835. The molecule has 6 heteroatoms. The predicted octanol–water partition coefficient (Wildman–Crippen LogP) is 2.16. The summed E-state index contributed by atoms with van der Waals surface area (Å²) in [5.41, 5.74) is 1.01. The second-order valence-corrected chi connectivity index (χ2v) is 6.40. The lowest BCUT2D eigenvalue weighted by atomic mass is 10.1. The molecule has 3 rings (SSSR count). The smallest absolute Gasteiger partial charge is 0.227 e. The fourth-order valence-electron chi connectivity index (χ4n) is 2.85. The zero-order chi connectivity index (χ0) is 17.6. The number of anilines is 1. The van der Waals surface area contributed by atoms with E-state index in [1.165, 1.54) is 0 Å². The van der Waals surface area contributed by atoms with E-state index < -0.39 is 0 Å². The van der Waals surface area contributed by atoms with Gasteiger partial charge in [-0.25, -0.2) is 9.97 Å². The summed E-state index contributed by atoms with van der Waals surface area (Å²) < 4.78 is 5.63. The third-order valence-electron chi connectivity index (χ3n) is 4.12. The van der Waals surface area contributed by atoms with Crippen molar-refractivity contribution in [2.75, 3.05) is 31.1 Å². The lowest BCUT2D eigenvalue weighted by molar-refractivity contribution is -0.130. The van der Waals surface area contributed by atoms with Crippen molar-refractivity contribution in [3.63, 3.8) is 0 Å². The van der Waals surface area contributed by atoms with Crippen molar-refractivity contribution in [2.45, 2.75) is 26.4 Å². The number of nitrogens with zero attached hydrogens (tertiary/aromatic N) is 4. The van der Waals surface area contributed by atoms with Crippen LogP contribution in [0.15, 0.2) is 42.7 Å². The minimum atomic E-state index is 0.150. The molecule has 0 saturated carbocycles. The molecule has 1 aliphatic rings. The molecule has 1 fully saturated rings. The van der Waals surface area contributed by atoms with E-state index in [1.807, 2.05) is 43.0 Å². The van der Waals surface area contributed by atoms with Crippen molar-refractivity contribution >= 4 is 11.9 Å². The van der Waals surface area contributed by atoms with Gasteiger partial charge in [-0.2, -0.15) is 0 Å². The van der Waals surface area contributed by atoms with Crippen LogP contribution in [0, 0.1) is 0 Å². The molecular weight excluding hydrogens is 316 g/mol. The Balaban J connectivity index is 1.51. The number of hydrogen-bond acceptors (Lipinski definition) is 5. The summed E-state index contributed by atoms with van der Waals surface area (Å²) in [4.78, 5) is 25.1. The molecule has 0 spiro atoms. The molecule has 1 aromatic carbocycles. The number of amides is 1. The van der Waals surface area contributed by atoms with Crippen LogP contribution in [-0.2, 0) is 11.2 Å². The van der Waals surface area contributed by atoms with Crippen molar-refractivity contribution in [3.8, 4) is 5.75 Å². The van der Waals surface area contributed by atoms with Gasteiger partial charge in [0.2, 0.25) is 11.9 Å². The van der Waals surface area contributed by atoms with Crippen LogP contribution in [0.1, 0.15) is 19.4 Å².